The molecular weight excluding hydrogens is 248 g/mol. The molecule has 2 aromatic carbocycles. The van der Waals surface area contributed by atoms with Gasteiger partial charge in [0.2, 0.25) is 0 Å². The quantitative estimate of drug-likeness (QED) is 0.917. The van der Waals surface area contributed by atoms with Crippen molar-refractivity contribution in [3.8, 4) is 5.75 Å². The monoisotopic (exact) mass is 266 g/mol. The van der Waals surface area contributed by atoms with E-state index in [2.05, 4.69) is 12.1 Å². The Labute approximate surface area is 119 Å². The fourth-order valence-corrected chi connectivity index (χ4v) is 3.04. The first kappa shape index (κ1) is 12.9. The fraction of sp³-hybridized carbons (Fsp3) is 0.278. The van der Waals surface area contributed by atoms with Gasteiger partial charge in [0.1, 0.15) is 11.5 Å². The number of phenolic OH excluding ortho intramolecular Hbond substituents is 1. The average molecular weight is 266 g/mol. The Hall–Kier alpha value is -2.09. The second-order valence-corrected chi connectivity index (χ2v) is 5.57. The highest BCUT2D eigenvalue weighted by Crippen LogP contribution is 2.45. The molecule has 0 heterocycles. The molecule has 2 heteroatoms. The molecule has 1 aliphatic rings. The van der Waals surface area contributed by atoms with Crippen LogP contribution in [0.4, 0.5) is 0 Å². The fourth-order valence-electron chi connectivity index (χ4n) is 3.04. The van der Waals surface area contributed by atoms with Gasteiger partial charge in [0.05, 0.1) is 5.41 Å². The Morgan fingerprint density at radius 1 is 1.05 bits per heavy atom. The molecule has 0 radical (unpaired) electrons. The molecule has 1 saturated carbocycles. The number of phenols is 1. The Morgan fingerprint density at radius 3 is 2.40 bits per heavy atom. The second kappa shape index (κ2) is 5.12. The summed E-state index contributed by atoms with van der Waals surface area (Å²) in [6.45, 7) is 0. The van der Waals surface area contributed by atoms with E-state index in [1.807, 2.05) is 24.3 Å². The number of rotatable bonds is 4. The zero-order chi connectivity index (χ0) is 14.0. The van der Waals surface area contributed by atoms with Gasteiger partial charge in [0, 0.05) is 6.42 Å². The Balaban J connectivity index is 1.85. The van der Waals surface area contributed by atoms with Crippen LogP contribution in [0, 0.1) is 0 Å². The summed E-state index contributed by atoms with van der Waals surface area (Å²) in [4.78, 5) is 12.7. The van der Waals surface area contributed by atoms with Gasteiger partial charge >= 0.3 is 0 Å². The van der Waals surface area contributed by atoms with Crippen molar-refractivity contribution in [2.24, 2.45) is 0 Å². The number of hydrogen-bond acceptors (Lipinski definition) is 2. The summed E-state index contributed by atoms with van der Waals surface area (Å²) in [5, 5.41) is 9.51. The van der Waals surface area contributed by atoms with Crippen LogP contribution in [0.2, 0.25) is 0 Å². The van der Waals surface area contributed by atoms with Gasteiger partial charge in [0.15, 0.2) is 0 Å². The molecule has 2 aromatic rings. The average Bonchev–Trinajstić information content (AvgIpc) is 2.38. The summed E-state index contributed by atoms with van der Waals surface area (Å²) >= 11 is 0. The van der Waals surface area contributed by atoms with Crippen LogP contribution in [0.5, 0.6) is 5.75 Å². The summed E-state index contributed by atoms with van der Waals surface area (Å²) in [6, 6.07) is 17.1. The molecule has 0 atom stereocenters. The van der Waals surface area contributed by atoms with E-state index in [0.29, 0.717) is 6.42 Å². The van der Waals surface area contributed by atoms with E-state index >= 15 is 0 Å². The van der Waals surface area contributed by atoms with Crippen molar-refractivity contribution < 1.29 is 9.90 Å². The van der Waals surface area contributed by atoms with Gasteiger partial charge in [0.25, 0.3) is 0 Å². The molecule has 0 aromatic heterocycles. The van der Waals surface area contributed by atoms with Gasteiger partial charge < -0.3 is 5.11 Å². The van der Waals surface area contributed by atoms with Crippen molar-refractivity contribution in [3.05, 3.63) is 65.7 Å². The highest BCUT2D eigenvalue weighted by molar-refractivity contribution is 5.92. The molecule has 1 N–H and O–H groups in total. The van der Waals surface area contributed by atoms with Crippen LogP contribution in [0.25, 0.3) is 0 Å². The van der Waals surface area contributed by atoms with Crippen molar-refractivity contribution in [1.82, 2.24) is 0 Å². The molecule has 0 spiro atoms. The van der Waals surface area contributed by atoms with Gasteiger partial charge in [-0.2, -0.15) is 0 Å². The van der Waals surface area contributed by atoms with Gasteiger partial charge in [-0.1, -0.05) is 48.9 Å². The van der Waals surface area contributed by atoms with E-state index in [4.69, 9.17) is 0 Å². The molecule has 0 amide bonds. The largest absolute Gasteiger partial charge is 0.508 e. The minimum absolute atomic E-state index is 0.220. The summed E-state index contributed by atoms with van der Waals surface area (Å²) in [7, 11) is 0. The van der Waals surface area contributed by atoms with Gasteiger partial charge in [-0.3, -0.25) is 4.79 Å². The lowest BCUT2D eigenvalue weighted by Crippen LogP contribution is -2.43. The van der Waals surface area contributed by atoms with Crippen molar-refractivity contribution >= 4 is 5.78 Å². The van der Waals surface area contributed by atoms with Gasteiger partial charge in [-0.25, -0.2) is 0 Å². The van der Waals surface area contributed by atoms with E-state index in [-0.39, 0.29) is 16.9 Å². The zero-order valence-corrected chi connectivity index (χ0v) is 11.4. The van der Waals surface area contributed by atoms with E-state index < -0.39 is 0 Å². The highest BCUT2D eigenvalue weighted by atomic mass is 16.3. The molecule has 0 unspecified atom stereocenters. The van der Waals surface area contributed by atoms with E-state index in [1.54, 1.807) is 18.2 Å². The predicted molar refractivity (Wildman–Crippen MR) is 78.8 cm³/mol. The molecule has 1 fully saturated rings. The normalized spacial score (nSPS) is 16.4. The number of aromatic hydroxyl groups is 1. The third-order valence-electron chi connectivity index (χ3n) is 4.34. The first-order chi connectivity index (χ1) is 9.71. The number of benzene rings is 2. The molecule has 3 rings (SSSR count). The van der Waals surface area contributed by atoms with Crippen LogP contribution >= 0.6 is 0 Å². The molecule has 0 bridgehead atoms. The SMILES string of the molecule is O=C(Cc1cccc(O)c1)C1(c2ccccc2)CCC1. The first-order valence-electron chi connectivity index (χ1n) is 7.07. The van der Waals surface area contributed by atoms with E-state index in [9.17, 15) is 9.90 Å². The first-order valence-corrected chi connectivity index (χ1v) is 7.07. The molecular formula is C18H18O2. The summed E-state index contributed by atoms with van der Waals surface area (Å²) < 4.78 is 0. The standard InChI is InChI=1S/C18H18O2/c19-16-9-4-6-14(12-16)13-17(20)18(10-5-11-18)15-7-2-1-3-8-15/h1-4,6-9,12,19H,5,10-11,13H2. The minimum Gasteiger partial charge on any atom is -0.508 e. The molecule has 102 valence electrons. The van der Waals surface area contributed by atoms with Crippen LogP contribution < -0.4 is 0 Å². The van der Waals surface area contributed by atoms with Crippen LogP contribution in [-0.4, -0.2) is 10.9 Å². The molecule has 0 aliphatic heterocycles. The van der Waals surface area contributed by atoms with Crippen molar-refractivity contribution in [2.75, 3.05) is 0 Å². The topological polar surface area (TPSA) is 37.3 Å². The third-order valence-corrected chi connectivity index (χ3v) is 4.34. The lowest BCUT2D eigenvalue weighted by Gasteiger charge is -2.41. The number of Topliss-reactive ketones (excluding diaryl/α,β-unsaturated/α-hetero) is 1. The van der Waals surface area contributed by atoms with Crippen LogP contribution in [-0.2, 0) is 16.6 Å². The minimum atomic E-state index is -0.299. The van der Waals surface area contributed by atoms with Gasteiger partial charge in [-0.15, -0.1) is 0 Å². The lowest BCUT2D eigenvalue weighted by atomic mass is 9.61. The lowest BCUT2D eigenvalue weighted by molar-refractivity contribution is -0.127. The van der Waals surface area contributed by atoms with E-state index in [0.717, 1.165) is 30.4 Å². The number of carbonyl (C=O) groups is 1. The number of hydrogen-bond donors (Lipinski definition) is 1. The Morgan fingerprint density at radius 2 is 1.80 bits per heavy atom. The van der Waals surface area contributed by atoms with Crippen molar-refractivity contribution in [1.29, 1.82) is 0 Å². The van der Waals surface area contributed by atoms with E-state index in [1.165, 1.54) is 0 Å². The molecule has 1 aliphatic carbocycles. The van der Waals surface area contributed by atoms with Crippen LogP contribution in [0.3, 0.4) is 0 Å². The second-order valence-electron chi connectivity index (χ2n) is 5.57. The molecule has 0 saturated heterocycles. The maximum atomic E-state index is 12.7. The molecule has 2 nitrogen and oxygen atoms in total. The maximum Gasteiger partial charge on any atom is 0.147 e. The Bertz CT molecular complexity index is 612. The smallest absolute Gasteiger partial charge is 0.147 e. The zero-order valence-electron chi connectivity index (χ0n) is 11.4. The van der Waals surface area contributed by atoms with Gasteiger partial charge in [-0.05, 0) is 36.1 Å². The van der Waals surface area contributed by atoms with Crippen molar-refractivity contribution in [2.45, 2.75) is 31.1 Å². The third kappa shape index (κ3) is 2.22. The number of ketones is 1. The summed E-state index contributed by atoms with van der Waals surface area (Å²) in [6.07, 6.45) is 3.38. The maximum absolute atomic E-state index is 12.7. The summed E-state index contributed by atoms with van der Waals surface area (Å²) in [5.74, 6) is 0.484. The Kier molecular flexibility index (Phi) is 3.31. The van der Waals surface area contributed by atoms with Crippen LogP contribution in [0.1, 0.15) is 30.4 Å². The predicted octanol–water partition coefficient (Wildman–Crippen LogP) is 3.63. The number of carbonyl (C=O) groups excluding carboxylic acids is 1. The van der Waals surface area contributed by atoms with Crippen molar-refractivity contribution in [3.63, 3.8) is 0 Å². The molecule has 20 heavy (non-hydrogen) atoms. The summed E-state index contributed by atoms with van der Waals surface area (Å²) in [5.41, 5.74) is 1.72. The highest BCUT2D eigenvalue weighted by Gasteiger charge is 2.44. The van der Waals surface area contributed by atoms with Crippen LogP contribution in [0.15, 0.2) is 54.6 Å².